The van der Waals surface area contributed by atoms with E-state index in [9.17, 15) is 43.2 Å². The third-order valence-electron chi connectivity index (χ3n) is 21.0. The number of ether oxygens (including phenoxy) is 4. The molecule has 0 spiro atoms. The zero-order chi connectivity index (χ0) is 78.1. The Bertz CT molecular complexity index is 2060. The van der Waals surface area contributed by atoms with Crippen molar-refractivity contribution in [1.82, 2.24) is 0 Å². The van der Waals surface area contributed by atoms with Gasteiger partial charge in [0.05, 0.1) is 26.4 Å². The molecule has 0 aromatic rings. The maximum atomic E-state index is 13.1. The van der Waals surface area contributed by atoms with Crippen molar-refractivity contribution < 1.29 is 80.2 Å². The van der Waals surface area contributed by atoms with Crippen LogP contribution in [0.4, 0.5) is 0 Å². The molecule has 0 radical (unpaired) electrons. The highest BCUT2D eigenvalue weighted by Gasteiger charge is 2.31. The maximum absolute atomic E-state index is 13.1. The third kappa shape index (κ3) is 77.4. The summed E-state index contributed by atoms with van der Waals surface area (Å²) >= 11 is 0. The summed E-state index contributed by atoms with van der Waals surface area (Å²) in [4.78, 5) is 73.2. The number of phosphoric acid groups is 2. The number of hydrogen-bond donors (Lipinski definition) is 3. The second-order valence-electron chi connectivity index (χ2n) is 32.7. The SMILES string of the molecule is CCC(C)CCCCCCCCCCCCCCCCCCCCC(=O)O[C@H](COC(=O)CCCCCCCCC(C)C)COP(=O)(O)OC[C@H](O)COP(=O)(O)OC[C@@H](COC(=O)CCCCCCCCCCCCCCCCC(C)C)OC(=O)CCCCCCCCCCCCCCCCC(C)CC. The Hall–Kier alpha value is -1.94. The third-order valence-corrected chi connectivity index (χ3v) is 22.9. The number of rotatable bonds is 84. The molecule has 630 valence electrons. The number of aliphatic hydroxyl groups excluding tert-OH is 1. The average Bonchev–Trinajstić information content (AvgIpc) is 0.923. The fourth-order valence-electron chi connectivity index (χ4n) is 13.4. The van der Waals surface area contributed by atoms with Gasteiger partial charge in [0.15, 0.2) is 12.2 Å². The molecule has 106 heavy (non-hydrogen) atoms. The van der Waals surface area contributed by atoms with Gasteiger partial charge in [-0.2, -0.15) is 0 Å². The van der Waals surface area contributed by atoms with E-state index >= 15 is 0 Å². The summed E-state index contributed by atoms with van der Waals surface area (Å²) in [5.74, 6) is 1.09. The Morgan fingerprint density at radius 1 is 0.264 bits per heavy atom. The van der Waals surface area contributed by atoms with Crippen LogP contribution in [0.25, 0.3) is 0 Å². The van der Waals surface area contributed by atoms with Crippen molar-refractivity contribution in [1.29, 1.82) is 0 Å². The van der Waals surface area contributed by atoms with Gasteiger partial charge in [-0.05, 0) is 49.4 Å². The summed E-state index contributed by atoms with van der Waals surface area (Å²) in [6, 6.07) is 0. The minimum absolute atomic E-state index is 0.107. The summed E-state index contributed by atoms with van der Waals surface area (Å²) in [6.07, 6.45) is 65.4. The number of unbranched alkanes of at least 4 members (excludes halogenated alkanes) is 48. The maximum Gasteiger partial charge on any atom is 0.472 e. The fraction of sp³-hybridized carbons (Fsp3) is 0.954. The lowest BCUT2D eigenvalue weighted by atomic mass is 9.99. The summed E-state index contributed by atoms with van der Waals surface area (Å²) in [5.41, 5.74) is 0. The number of hydrogen-bond acceptors (Lipinski definition) is 15. The molecule has 0 fully saturated rings. The quantitative estimate of drug-likeness (QED) is 0.0222. The van der Waals surface area contributed by atoms with Crippen LogP contribution in [-0.2, 0) is 65.4 Å². The minimum Gasteiger partial charge on any atom is -0.462 e. The lowest BCUT2D eigenvalue weighted by molar-refractivity contribution is -0.161. The normalized spacial score (nSPS) is 14.4. The Kier molecular flexibility index (Phi) is 74.3. The number of carbonyl (C=O) groups is 4. The highest BCUT2D eigenvalue weighted by Crippen LogP contribution is 2.45. The van der Waals surface area contributed by atoms with Crippen molar-refractivity contribution in [3.05, 3.63) is 0 Å². The van der Waals surface area contributed by atoms with Gasteiger partial charge in [-0.25, -0.2) is 9.13 Å². The van der Waals surface area contributed by atoms with Crippen LogP contribution in [-0.4, -0.2) is 96.7 Å². The first kappa shape index (κ1) is 104. The van der Waals surface area contributed by atoms with Gasteiger partial charge in [0.1, 0.15) is 19.3 Å². The van der Waals surface area contributed by atoms with Gasteiger partial charge in [0.25, 0.3) is 0 Å². The van der Waals surface area contributed by atoms with Gasteiger partial charge < -0.3 is 33.8 Å². The zero-order valence-electron chi connectivity index (χ0n) is 70.1. The second kappa shape index (κ2) is 75.7. The van der Waals surface area contributed by atoms with E-state index in [0.717, 1.165) is 114 Å². The predicted octanol–water partition coefficient (Wildman–Crippen LogP) is 26.3. The molecule has 0 aliphatic heterocycles. The Morgan fingerprint density at radius 3 is 0.670 bits per heavy atom. The van der Waals surface area contributed by atoms with Crippen molar-refractivity contribution in [3.63, 3.8) is 0 Å². The van der Waals surface area contributed by atoms with Crippen molar-refractivity contribution in [2.45, 2.75) is 472 Å². The van der Waals surface area contributed by atoms with Crippen LogP contribution < -0.4 is 0 Å². The fourth-order valence-corrected chi connectivity index (χ4v) is 15.0. The Balaban J connectivity index is 5.19. The van der Waals surface area contributed by atoms with Crippen molar-refractivity contribution in [2.75, 3.05) is 39.6 Å². The second-order valence-corrected chi connectivity index (χ2v) is 35.6. The Labute approximate surface area is 651 Å². The topological polar surface area (TPSA) is 237 Å². The monoisotopic (exact) mass is 1550 g/mol. The van der Waals surface area contributed by atoms with Crippen LogP contribution in [0.3, 0.4) is 0 Å². The first-order chi connectivity index (χ1) is 51.2. The summed E-state index contributed by atoms with van der Waals surface area (Å²) in [7, 11) is -9.93. The van der Waals surface area contributed by atoms with Crippen LogP contribution in [0.5, 0.6) is 0 Å². The zero-order valence-corrected chi connectivity index (χ0v) is 71.9. The van der Waals surface area contributed by atoms with E-state index in [1.807, 2.05) is 0 Å². The van der Waals surface area contributed by atoms with Crippen molar-refractivity contribution >= 4 is 39.5 Å². The smallest absolute Gasteiger partial charge is 0.462 e. The summed E-state index contributed by atoms with van der Waals surface area (Å²) in [5, 5.41) is 10.7. The van der Waals surface area contributed by atoms with Crippen molar-refractivity contribution in [2.24, 2.45) is 23.7 Å². The first-order valence-electron chi connectivity index (χ1n) is 44.8. The standard InChI is InChI=1S/C87H170O17P2/c1-9-79(7)65-57-49-40-34-28-22-15-13-11-12-14-16-25-31-37-43-53-61-70-87(92)104-83(74-98-85(90)68-60-52-46-45-48-56-64-78(5)6)76-102-106(95,96)100-72-81(88)71-99-105(93,94)101-75-82(73-97-84(89)67-59-51-42-36-30-24-19-17-21-27-33-39-47-55-63-77(3)4)103-86(91)69-62-54-44-38-32-26-20-18-23-29-35-41-50-58-66-80(8)10-2/h77-83,88H,9-76H2,1-8H3,(H,93,94)(H,95,96)/t79?,80?,81-,82-,83-/m1/s1. The van der Waals surface area contributed by atoms with Gasteiger partial charge in [-0.15, -0.1) is 0 Å². The van der Waals surface area contributed by atoms with E-state index in [-0.39, 0.29) is 25.7 Å². The molecule has 0 rings (SSSR count). The van der Waals surface area contributed by atoms with Crippen LogP contribution in [0.1, 0.15) is 453 Å². The molecular formula is C87H170O17P2. The van der Waals surface area contributed by atoms with Crippen LogP contribution in [0.15, 0.2) is 0 Å². The van der Waals surface area contributed by atoms with Crippen molar-refractivity contribution in [3.8, 4) is 0 Å². The largest absolute Gasteiger partial charge is 0.472 e. The molecule has 0 saturated heterocycles. The van der Waals surface area contributed by atoms with E-state index < -0.39 is 97.5 Å². The van der Waals surface area contributed by atoms with Crippen LogP contribution in [0, 0.1) is 23.7 Å². The molecule has 3 N–H and O–H groups in total. The van der Waals surface area contributed by atoms with Gasteiger partial charge in [0, 0.05) is 25.7 Å². The molecule has 19 heteroatoms. The van der Waals surface area contributed by atoms with Crippen LogP contribution >= 0.6 is 15.6 Å². The minimum atomic E-state index is -4.97. The van der Waals surface area contributed by atoms with Crippen LogP contribution in [0.2, 0.25) is 0 Å². The molecule has 0 heterocycles. The molecule has 0 saturated carbocycles. The number of esters is 4. The molecule has 0 amide bonds. The Morgan fingerprint density at radius 2 is 0.453 bits per heavy atom. The number of aliphatic hydroxyl groups is 1. The molecule has 0 aromatic heterocycles. The summed E-state index contributed by atoms with van der Waals surface area (Å²) < 4.78 is 68.9. The van der Waals surface area contributed by atoms with Gasteiger partial charge in [0.2, 0.25) is 0 Å². The highest BCUT2D eigenvalue weighted by atomic mass is 31.2. The molecule has 7 atom stereocenters. The number of phosphoric ester groups is 2. The highest BCUT2D eigenvalue weighted by molar-refractivity contribution is 7.47. The van der Waals surface area contributed by atoms with E-state index in [1.54, 1.807) is 0 Å². The molecule has 0 aliphatic carbocycles. The molecule has 0 aromatic carbocycles. The summed E-state index contributed by atoms with van der Waals surface area (Å²) in [6.45, 7) is 14.3. The molecular weight excluding hydrogens is 1380 g/mol. The predicted molar refractivity (Wildman–Crippen MR) is 437 cm³/mol. The average molecular weight is 1550 g/mol. The number of carbonyl (C=O) groups excluding carboxylic acids is 4. The molecule has 17 nitrogen and oxygen atoms in total. The molecule has 4 unspecified atom stereocenters. The molecule has 0 aliphatic rings. The van der Waals surface area contributed by atoms with E-state index in [1.165, 1.54) is 250 Å². The first-order valence-corrected chi connectivity index (χ1v) is 47.8. The molecule has 0 bridgehead atoms. The lowest BCUT2D eigenvalue weighted by Crippen LogP contribution is -2.30. The van der Waals surface area contributed by atoms with E-state index in [4.69, 9.17) is 37.0 Å². The van der Waals surface area contributed by atoms with E-state index in [2.05, 4.69) is 55.4 Å². The lowest BCUT2D eigenvalue weighted by Gasteiger charge is -2.21. The van der Waals surface area contributed by atoms with E-state index in [0.29, 0.717) is 31.6 Å². The van der Waals surface area contributed by atoms with Gasteiger partial charge in [-0.1, -0.05) is 402 Å². The van der Waals surface area contributed by atoms with Gasteiger partial charge in [-0.3, -0.25) is 37.3 Å². The van der Waals surface area contributed by atoms with Gasteiger partial charge >= 0.3 is 39.5 Å².